The van der Waals surface area contributed by atoms with E-state index in [0.29, 0.717) is 0 Å². The summed E-state index contributed by atoms with van der Waals surface area (Å²) in [6.45, 7) is 3.90. The van der Waals surface area contributed by atoms with Crippen LogP contribution in [0.15, 0.2) is 12.7 Å². The molecule has 0 unspecified atom stereocenters. The molecule has 0 aromatic rings. The zero-order chi connectivity index (χ0) is 11.3. The lowest BCUT2D eigenvalue weighted by atomic mass is 10.3. The molecule has 1 saturated heterocycles. The summed E-state index contributed by atoms with van der Waals surface area (Å²) in [4.78, 5) is 34.4. The number of nitrogens with zero attached hydrogens (tertiary/aromatic N) is 1. The van der Waals surface area contributed by atoms with E-state index in [4.69, 9.17) is 0 Å². The smallest absolute Gasteiger partial charge is 0.243 e. The first-order valence-electron chi connectivity index (χ1n) is 4.58. The molecule has 1 rings (SSSR count). The second-order valence-electron chi connectivity index (χ2n) is 3.09. The average Bonchev–Trinajstić information content (AvgIpc) is 2.64. The summed E-state index contributed by atoms with van der Waals surface area (Å²) in [6.07, 6.45) is 1.33. The van der Waals surface area contributed by atoms with Crippen molar-refractivity contribution in [3.05, 3.63) is 12.7 Å². The van der Waals surface area contributed by atoms with Gasteiger partial charge in [-0.2, -0.15) is 0 Å². The quantitative estimate of drug-likeness (QED) is 0.561. The Morgan fingerprint density at radius 2 is 2.33 bits per heavy atom. The van der Waals surface area contributed by atoms with Crippen LogP contribution in [0.5, 0.6) is 0 Å². The van der Waals surface area contributed by atoms with Crippen LogP contribution in [0.25, 0.3) is 0 Å². The first-order valence-corrected chi connectivity index (χ1v) is 4.58. The molecule has 0 bridgehead atoms. The van der Waals surface area contributed by atoms with Crippen LogP contribution >= 0.6 is 0 Å². The minimum absolute atomic E-state index is 0.105. The fourth-order valence-electron chi connectivity index (χ4n) is 1.17. The van der Waals surface area contributed by atoms with Crippen molar-refractivity contribution in [2.75, 3.05) is 19.8 Å². The van der Waals surface area contributed by atoms with Crippen molar-refractivity contribution in [3.8, 4) is 0 Å². The molecule has 0 aliphatic carbocycles. The third-order valence-electron chi connectivity index (χ3n) is 1.98. The van der Waals surface area contributed by atoms with Crippen LogP contribution in [0, 0.1) is 0 Å². The van der Waals surface area contributed by atoms with E-state index in [0.717, 1.165) is 6.08 Å². The largest absolute Gasteiger partial charge is 0.352 e. The number of nitrogens with one attached hydrogen (secondary N) is 2. The summed E-state index contributed by atoms with van der Waals surface area (Å²) < 4.78 is 0. The molecule has 0 saturated carbocycles. The number of rotatable bonds is 4. The Morgan fingerprint density at radius 3 is 2.87 bits per heavy atom. The summed E-state index contributed by atoms with van der Waals surface area (Å²) in [7, 11) is 0. The van der Waals surface area contributed by atoms with Crippen LogP contribution in [0.2, 0.25) is 0 Å². The van der Waals surface area contributed by atoms with E-state index in [1.165, 1.54) is 4.90 Å². The van der Waals surface area contributed by atoms with Crippen molar-refractivity contribution in [1.29, 1.82) is 0 Å². The van der Waals surface area contributed by atoms with E-state index >= 15 is 0 Å². The van der Waals surface area contributed by atoms with Crippen LogP contribution in [0.1, 0.15) is 6.42 Å². The van der Waals surface area contributed by atoms with Gasteiger partial charge in [0.25, 0.3) is 0 Å². The number of amides is 3. The molecule has 1 aliphatic rings. The fraction of sp³-hybridized carbons (Fsp3) is 0.444. The zero-order valence-corrected chi connectivity index (χ0v) is 8.28. The van der Waals surface area contributed by atoms with Gasteiger partial charge in [-0.15, -0.1) is 0 Å². The fourth-order valence-corrected chi connectivity index (χ4v) is 1.17. The van der Waals surface area contributed by atoms with Gasteiger partial charge in [-0.25, -0.2) is 0 Å². The first kappa shape index (κ1) is 11.2. The summed E-state index contributed by atoms with van der Waals surface area (Å²) in [6, 6.07) is 0. The van der Waals surface area contributed by atoms with Crippen molar-refractivity contribution in [3.63, 3.8) is 0 Å². The van der Waals surface area contributed by atoms with Gasteiger partial charge in [0.1, 0.15) is 6.54 Å². The van der Waals surface area contributed by atoms with Crippen LogP contribution in [-0.2, 0) is 14.4 Å². The number of hydrogen-bond acceptors (Lipinski definition) is 3. The monoisotopic (exact) mass is 211 g/mol. The third-order valence-corrected chi connectivity index (χ3v) is 1.98. The summed E-state index contributed by atoms with van der Waals surface area (Å²) in [5.74, 6) is -0.616. The molecule has 6 heteroatoms. The van der Waals surface area contributed by atoms with Crippen molar-refractivity contribution < 1.29 is 14.4 Å². The van der Waals surface area contributed by atoms with Crippen LogP contribution in [-0.4, -0.2) is 42.4 Å². The van der Waals surface area contributed by atoms with Crippen molar-refractivity contribution >= 4 is 17.7 Å². The molecule has 3 amide bonds. The maximum atomic E-state index is 11.4. The van der Waals surface area contributed by atoms with Gasteiger partial charge in [0.05, 0.1) is 6.67 Å². The number of hydrogen-bond donors (Lipinski definition) is 2. The van der Waals surface area contributed by atoms with Crippen molar-refractivity contribution in [2.45, 2.75) is 6.42 Å². The van der Waals surface area contributed by atoms with E-state index in [2.05, 4.69) is 17.2 Å². The Balaban J connectivity index is 2.21. The van der Waals surface area contributed by atoms with E-state index in [1.807, 2.05) is 0 Å². The van der Waals surface area contributed by atoms with Gasteiger partial charge >= 0.3 is 0 Å². The second kappa shape index (κ2) is 5.14. The van der Waals surface area contributed by atoms with Gasteiger partial charge in [-0.3, -0.25) is 14.4 Å². The minimum Gasteiger partial charge on any atom is -0.352 e. The molecule has 1 aliphatic heterocycles. The highest BCUT2D eigenvalue weighted by Gasteiger charge is 2.22. The van der Waals surface area contributed by atoms with Gasteiger partial charge in [0.2, 0.25) is 17.7 Å². The molecule has 0 atom stereocenters. The zero-order valence-electron chi connectivity index (χ0n) is 8.28. The Labute approximate surface area is 87.3 Å². The Bertz CT molecular complexity index is 301. The second-order valence-corrected chi connectivity index (χ2v) is 3.09. The highest BCUT2D eigenvalue weighted by Crippen LogP contribution is 1.97. The molecule has 0 spiro atoms. The van der Waals surface area contributed by atoms with Gasteiger partial charge < -0.3 is 15.5 Å². The molecule has 15 heavy (non-hydrogen) atoms. The van der Waals surface area contributed by atoms with E-state index in [1.54, 1.807) is 0 Å². The molecule has 2 N–H and O–H groups in total. The molecule has 82 valence electrons. The minimum atomic E-state index is -0.307. The lowest BCUT2D eigenvalue weighted by Crippen LogP contribution is -2.33. The number of carbonyl (C=O) groups excluding carboxylic acids is 3. The summed E-state index contributed by atoms with van der Waals surface area (Å²) in [5, 5.41) is 5.01. The van der Waals surface area contributed by atoms with Gasteiger partial charge in [0, 0.05) is 13.0 Å². The first-order chi connectivity index (χ1) is 7.13. The average molecular weight is 211 g/mol. The normalized spacial score (nSPS) is 14.7. The predicted octanol–water partition coefficient (Wildman–Crippen LogP) is -1.41. The van der Waals surface area contributed by atoms with Crippen molar-refractivity contribution in [1.82, 2.24) is 15.5 Å². The highest BCUT2D eigenvalue weighted by atomic mass is 16.2. The lowest BCUT2D eigenvalue weighted by Gasteiger charge is -2.12. The maximum Gasteiger partial charge on any atom is 0.243 e. The van der Waals surface area contributed by atoms with Gasteiger partial charge in [-0.1, -0.05) is 6.58 Å². The predicted molar refractivity (Wildman–Crippen MR) is 52.5 cm³/mol. The lowest BCUT2D eigenvalue weighted by molar-refractivity contribution is -0.131. The highest BCUT2D eigenvalue weighted by molar-refractivity contribution is 5.89. The van der Waals surface area contributed by atoms with E-state index in [9.17, 15) is 14.4 Å². The Morgan fingerprint density at radius 1 is 1.60 bits per heavy atom. The molecule has 1 fully saturated rings. The van der Waals surface area contributed by atoms with E-state index < -0.39 is 0 Å². The molecule has 0 radical (unpaired) electrons. The summed E-state index contributed by atoms with van der Waals surface area (Å²) >= 11 is 0. The molecular weight excluding hydrogens is 198 g/mol. The Hall–Kier alpha value is -1.85. The van der Waals surface area contributed by atoms with Gasteiger partial charge in [0.15, 0.2) is 0 Å². The molecule has 1 heterocycles. The maximum absolute atomic E-state index is 11.4. The van der Waals surface area contributed by atoms with Gasteiger partial charge in [-0.05, 0) is 6.08 Å². The van der Waals surface area contributed by atoms with Crippen molar-refractivity contribution in [2.24, 2.45) is 0 Å². The molecule has 6 nitrogen and oxygen atoms in total. The Kier molecular flexibility index (Phi) is 3.84. The molecular formula is C9H13N3O3. The van der Waals surface area contributed by atoms with Crippen LogP contribution < -0.4 is 10.6 Å². The van der Waals surface area contributed by atoms with Crippen LogP contribution in [0.4, 0.5) is 0 Å². The molecule has 0 aromatic carbocycles. The summed E-state index contributed by atoms with van der Waals surface area (Å²) in [5.41, 5.74) is 0. The molecule has 0 aromatic heterocycles. The van der Waals surface area contributed by atoms with Crippen LogP contribution in [0.3, 0.4) is 0 Å². The topological polar surface area (TPSA) is 78.5 Å². The number of carbonyl (C=O) groups is 3. The third kappa shape index (κ3) is 3.41. The SMILES string of the molecule is C=CC(=O)NCCC(=O)N1CNC(=O)C1. The van der Waals surface area contributed by atoms with E-state index in [-0.39, 0.29) is 43.9 Å². The standard InChI is InChI=1S/C9H13N3O3/c1-2-7(13)10-4-3-9(15)12-5-8(14)11-6-12/h2H,1,3-6H2,(H,10,13)(H,11,14).